The smallest absolute Gasteiger partial charge is 0.268 e. The molecule has 0 fully saturated rings. The number of hydrogen-bond donors (Lipinski definition) is 2. The predicted octanol–water partition coefficient (Wildman–Crippen LogP) is 17.7. The van der Waals surface area contributed by atoms with Gasteiger partial charge in [0.2, 0.25) is 5.91 Å². The van der Waals surface area contributed by atoms with Crippen molar-refractivity contribution in [1.29, 1.82) is 0 Å². The second-order valence-corrected chi connectivity index (χ2v) is 23.5. The Morgan fingerprint density at radius 3 is 1.17 bits per heavy atom. The number of phosphoric ester groups is 1. The molecule has 0 rings (SSSR count). The Hall–Kier alpha value is -1.02. The van der Waals surface area contributed by atoms with Crippen LogP contribution in [0.15, 0.2) is 24.3 Å². The second-order valence-electron chi connectivity index (χ2n) is 22.1. The number of amides is 1. The first-order valence-corrected chi connectivity index (χ1v) is 31.7. The van der Waals surface area contributed by atoms with Crippen molar-refractivity contribution in [3.63, 3.8) is 0 Å². The Morgan fingerprint density at radius 2 is 0.812 bits per heavy atom. The van der Waals surface area contributed by atoms with E-state index in [2.05, 4.69) is 31.3 Å². The Morgan fingerprint density at radius 1 is 0.493 bits per heavy atom. The first kappa shape index (κ1) is 68.0. The van der Waals surface area contributed by atoms with Crippen molar-refractivity contribution in [2.75, 3.05) is 40.9 Å². The molecule has 0 aliphatic rings. The van der Waals surface area contributed by atoms with Crippen LogP contribution in [0.3, 0.4) is 0 Å². The van der Waals surface area contributed by atoms with Crippen LogP contribution in [0, 0.1) is 0 Å². The van der Waals surface area contributed by atoms with Crippen molar-refractivity contribution in [3.05, 3.63) is 24.3 Å². The summed E-state index contributed by atoms with van der Waals surface area (Å²) in [5.74, 6) is -0.200. The first-order valence-electron chi connectivity index (χ1n) is 30.2. The minimum atomic E-state index is -4.60. The van der Waals surface area contributed by atoms with Crippen molar-refractivity contribution < 1.29 is 32.9 Å². The molecule has 0 saturated heterocycles. The largest absolute Gasteiger partial charge is 0.756 e. The van der Waals surface area contributed by atoms with Crippen LogP contribution in [0.4, 0.5) is 0 Å². The number of nitrogens with one attached hydrogen (secondary N) is 1. The molecule has 0 spiro atoms. The van der Waals surface area contributed by atoms with Gasteiger partial charge in [-0.25, -0.2) is 0 Å². The van der Waals surface area contributed by atoms with Crippen LogP contribution in [0.1, 0.15) is 303 Å². The lowest BCUT2D eigenvalue weighted by Crippen LogP contribution is -2.45. The number of quaternary nitrogens is 1. The van der Waals surface area contributed by atoms with Crippen molar-refractivity contribution >= 4 is 13.7 Å². The average Bonchev–Trinajstić information content (AvgIpc) is 3.31. The summed E-state index contributed by atoms with van der Waals surface area (Å²) < 4.78 is 23.4. The number of aliphatic hydroxyl groups is 1. The van der Waals surface area contributed by atoms with E-state index in [0.717, 1.165) is 38.5 Å². The molecule has 3 unspecified atom stereocenters. The third-order valence-corrected chi connectivity index (χ3v) is 14.9. The molecule has 0 saturated carbocycles. The third-order valence-electron chi connectivity index (χ3n) is 13.9. The number of rotatable bonds is 56. The van der Waals surface area contributed by atoms with E-state index < -0.39 is 20.0 Å². The number of unbranched alkanes of at least 4 members (excludes halogenated alkanes) is 41. The fourth-order valence-corrected chi connectivity index (χ4v) is 9.90. The van der Waals surface area contributed by atoms with Gasteiger partial charge in [-0.15, -0.1) is 0 Å². The highest BCUT2D eigenvalue weighted by Gasteiger charge is 2.23. The molecule has 410 valence electrons. The zero-order chi connectivity index (χ0) is 50.6. The summed E-state index contributed by atoms with van der Waals surface area (Å²) in [6.07, 6.45) is 65.6. The number of carbonyl (C=O) groups excluding carboxylic acids is 1. The molecular weight excluding hydrogens is 876 g/mol. The summed E-state index contributed by atoms with van der Waals surface area (Å²) >= 11 is 0. The minimum absolute atomic E-state index is 0.00366. The standard InChI is InChI=1S/C60H119N2O6P/c1-6-8-10-12-14-16-18-20-22-24-26-28-29-30-31-32-33-34-36-38-40-42-44-46-48-50-52-54-60(64)61-58(57-68-69(65,66)67-56-55-62(3,4)5)59(63)53-51-49-47-45-43-41-39-37-35-27-25-23-21-19-17-15-13-11-9-7-2/h43,45,51,53,58-59,63H,6-42,44,46-50,52,54-57H2,1-5H3,(H-,61,64,65,66)/b45-43+,53-51+. The van der Waals surface area contributed by atoms with E-state index in [-0.39, 0.29) is 19.1 Å². The van der Waals surface area contributed by atoms with Crippen molar-refractivity contribution in [2.24, 2.45) is 0 Å². The number of allylic oxidation sites excluding steroid dienone is 3. The fraction of sp³-hybridized carbons (Fsp3) is 0.917. The summed E-state index contributed by atoms with van der Waals surface area (Å²) in [6.45, 7) is 4.68. The fourth-order valence-electron chi connectivity index (χ4n) is 9.17. The zero-order valence-corrected chi connectivity index (χ0v) is 47.7. The van der Waals surface area contributed by atoms with Crippen LogP contribution in [0.2, 0.25) is 0 Å². The van der Waals surface area contributed by atoms with Gasteiger partial charge in [0, 0.05) is 6.42 Å². The van der Waals surface area contributed by atoms with Crippen LogP contribution in [0.5, 0.6) is 0 Å². The SMILES string of the molecule is CCCCCCCCCCCCCCCC/C=C/CC/C=C/C(O)C(COP(=O)([O-])OCC[N+](C)(C)C)NC(=O)CCCCCCCCCCCCCCCCCCCCCCCCCCCCC. The number of likely N-dealkylation sites (N-methyl/N-ethyl adjacent to an activating group) is 1. The van der Waals surface area contributed by atoms with Gasteiger partial charge in [0.15, 0.2) is 0 Å². The molecule has 0 aromatic carbocycles. The lowest BCUT2D eigenvalue weighted by atomic mass is 10.0. The Kier molecular flexibility index (Phi) is 51.1. The van der Waals surface area contributed by atoms with Crippen molar-refractivity contribution in [2.45, 2.75) is 315 Å². The minimum Gasteiger partial charge on any atom is -0.756 e. The van der Waals surface area contributed by atoms with E-state index in [9.17, 15) is 19.4 Å². The molecular formula is C60H119N2O6P. The van der Waals surface area contributed by atoms with Crippen molar-refractivity contribution in [3.8, 4) is 0 Å². The molecule has 0 aromatic heterocycles. The summed E-state index contributed by atoms with van der Waals surface area (Å²) in [5, 5.41) is 13.9. The topological polar surface area (TPSA) is 108 Å². The molecule has 0 aromatic rings. The molecule has 8 nitrogen and oxygen atoms in total. The van der Waals surface area contributed by atoms with Gasteiger partial charge in [0.25, 0.3) is 7.82 Å². The van der Waals surface area contributed by atoms with Crippen LogP contribution >= 0.6 is 7.82 Å². The van der Waals surface area contributed by atoms with E-state index in [4.69, 9.17) is 9.05 Å². The molecule has 0 aliphatic carbocycles. The summed E-state index contributed by atoms with van der Waals surface area (Å²) in [5.41, 5.74) is 0. The summed E-state index contributed by atoms with van der Waals surface area (Å²) in [6, 6.07) is -0.900. The predicted molar refractivity (Wildman–Crippen MR) is 298 cm³/mol. The second kappa shape index (κ2) is 51.9. The number of carbonyl (C=O) groups is 1. The quantitative estimate of drug-likeness (QED) is 0.0272. The molecule has 69 heavy (non-hydrogen) atoms. The van der Waals surface area contributed by atoms with Gasteiger partial charge in [-0.2, -0.15) is 0 Å². The summed E-state index contributed by atoms with van der Waals surface area (Å²) in [7, 11) is 1.26. The maximum atomic E-state index is 13.0. The van der Waals surface area contributed by atoms with Crippen molar-refractivity contribution in [1.82, 2.24) is 5.32 Å². The van der Waals surface area contributed by atoms with Gasteiger partial charge < -0.3 is 28.8 Å². The molecule has 9 heteroatoms. The van der Waals surface area contributed by atoms with Gasteiger partial charge in [-0.3, -0.25) is 9.36 Å². The molecule has 0 aliphatic heterocycles. The van der Waals surface area contributed by atoms with Gasteiger partial charge in [0.05, 0.1) is 39.9 Å². The van der Waals surface area contributed by atoms with Gasteiger partial charge in [0.1, 0.15) is 13.2 Å². The summed E-state index contributed by atoms with van der Waals surface area (Å²) in [4.78, 5) is 25.5. The van der Waals surface area contributed by atoms with Crippen LogP contribution in [-0.4, -0.2) is 68.5 Å². The van der Waals surface area contributed by atoms with E-state index in [1.165, 1.54) is 244 Å². The van der Waals surface area contributed by atoms with Gasteiger partial charge >= 0.3 is 0 Å². The van der Waals surface area contributed by atoms with Crippen LogP contribution in [0.25, 0.3) is 0 Å². The highest BCUT2D eigenvalue weighted by Crippen LogP contribution is 2.38. The first-order chi connectivity index (χ1) is 33.5. The average molecular weight is 996 g/mol. The third kappa shape index (κ3) is 54.6. The number of hydrogen-bond acceptors (Lipinski definition) is 6. The zero-order valence-electron chi connectivity index (χ0n) is 46.8. The van der Waals surface area contributed by atoms with E-state index in [1.54, 1.807) is 6.08 Å². The van der Waals surface area contributed by atoms with E-state index in [1.807, 2.05) is 27.2 Å². The lowest BCUT2D eigenvalue weighted by Gasteiger charge is -2.29. The number of nitrogens with zero attached hydrogens (tertiary/aromatic N) is 1. The van der Waals surface area contributed by atoms with Crippen LogP contribution in [-0.2, 0) is 18.4 Å². The van der Waals surface area contributed by atoms with E-state index in [0.29, 0.717) is 17.4 Å². The molecule has 2 N–H and O–H groups in total. The van der Waals surface area contributed by atoms with Gasteiger partial charge in [-0.1, -0.05) is 289 Å². The Bertz CT molecular complexity index is 1170. The van der Waals surface area contributed by atoms with Gasteiger partial charge in [-0.05, 0) is 32.1 Å². The monoisotopic (exact) mass is 995 g/mol. The van der Waals surface area contributed by atoms with E-state index >= 15 is 0 Å². The highest BCUT2D eigenvalue weighted by atomic mass is 31.2. The number of phosphoric acid groups is 1. The molecule has 3 atom stereocenters. The maximum Gasteiger partial charge on any atom is 0.268 e. The molecule has 0 radical (unpaired) electrons. The molecule has 0 bridgehead atoms. The normalized spacial score (nSPS) is 14.0. The molecule has 1 amide bonds. The Labute approximate surface area is 430 Å². The number of aliphatic hydroxyl groups excluding tert-OH is 1. The Balaban J connectivity index is 4.15. The highest BCUT2D eigenvalue weighted by molar-refractivity contribution is 7.45. The maximum absolute atomic E-state index is 13.0. The van der Waals surface area contributed by atoms with Crippen LogP contribution < -0.4 is 10.2 Å². The lowest BCUT2D eigenvalue weighted by molar-refractivity contribution is -0.870. The molecule has 0 heterocycles.